The Morgan fingerprint density at radius 1 is 1.32 bits per heavy atom. The zero-order valence-corrected chi connectivity index (χ0v) is 15.0. The summed E-state index contributed by atoms with van der Waals surface area (Å²) >= 11 is 0. The van der Waals surface area contributed by atoms with E-state index in [1.165, 1.54) is 5.56 Å². The molecule has 2 aliphatic rings. The van der Waals surface area contributed by atoms with Crippen molar-refractivity contribution in [2.75, 3.05) is 26.7 Å². The topological polar surface area (TPSA) is 70.0 Å². The number of likely N-dealkylation sites (N-methyl/N-ethyl adjacent to an activating group) is 1. The van der Waals surface area contributed by atoms with Crippen molar-refractivity contribution in [3.8, 4) is 0 Å². The van der Waals surface area contributed by atoms with Crippen LogP contribution < -0.4 is 0 Å². The fourth-order valence-corrected chi connectivity index (χ4v) is 3.91. The van der Waals surface area contributed by atoms with Crippen LogP contribution in [0, 0.1) is 12.8 Å². The Morgan fingerprint density at radius 3 is 2.84 bits per heavy atom. The number of nitrogens with one attached hydrogen (secondary N) is 1. The molecular weight excluding hydrogens is 316 g/mol. The summed E-state index contributed by atoms with van der Waals surface area (Å²) in [5, 5.41) is 11.8. The number of piperidine rings is 1. The average Bonchev–Trinajstić information content (AvgIpc) is 3.20. The smallest absolute Gasteiger partial charge is 0.274 e. The van der Waals surface area contributed by atoms with Gasteiger partial charge in [0.25, 0.3) is 5.91 Å². The molecule has 0 aromatic carbocycles. The molecule has 2 aromatic heterocycles. The number of carbonyl (C=O) groups is 1. The lowest BCUT2D eigenvalue weighted by Crippen LogP contribution is -2.40. The van der Waals surface area contributed by atoms with Gasteiger partial charge in [0.05, 0.1) is 6.20 Å². The average molecular weight is 342 g/mol. The number of aromatic nitrogens is 4. The van der Waals surface area contributed by atoms with Crippen LogP contribution in [0.1, 0.15) is 40.2 Å². The van der Waals surface area contributed by atoms with Crippen LogP contribution in [-0.2, 0) is 19.5 Å². The van der Waals surface area contributed by atoms with Crippen molar-refractivity contribution in [2.24, 2.45) is 5.92 Å². The number of aromatic amines is 1. The van der Waals surface area contributed by atoms with Gasteiger partial charge in [0.1, 0.15) is 0 Å². The first-order valence-electron chi connectivity index (χ1n) is 9.13. The summed E-state index contributed by atoms with van der Waals surface area (Å²) < 4.78 is 2.03. The molecule has 25 heavy (non-hydrogen) atoms. The van der Waals surface area contributed by atoms with Crippen LogP contribution in [0.2, 0.25) is 0 Å². The van der Waals surface area contributed by atoms with E-state index in [0.717, 1.165) is 63.2 Å². The Bertz CT molecular complexity index is 755. The summed E-state index contributed by atoms with van der Waals surface area (Å²) in [6.45, 7) is 6.44. The number of aryl methyl sites for hydroxylation is 1. The van der Waals surface area contributed by atoms with Gasteiger partial charge in [-0.2, -0.15) is 10.2 Å². The van der Waals surface area contributed by atoms with E-state index in [1.807, 2.05) is 15.8 Å². The third-order valence-electron chi connectivity index (χ3n) is 5.44. The third kappa shape index (κ3) is 3.33. The molecule has 0 radical (unpaired) electrons. The molecule has 2 aliphatic heterocycles. The van der Waals surface area contributed by atoms with Crippen LogP contribution in [0.5, 0.6) is 0 Å². The SMILES string of the molecule is Cc1cnn(CC2CCN(C(=O)c3n[nH]c4c3CN(C)CC4)CC2)c1. The summed E-state index contributed by atoms with van der Waals surface area (Å²) in [4.78, 5) is 17.1. The maximum atomic E-state index is 12.9. The van der Waals surface area contributed by atoms with Crippen LogP contribution in [0.25, 0.3) is 0 Å². The molecule has 0 bridgehead atoms. The monoisotopic (exact) mass is 342 g/mol. The largest absolute Gasteiger partial charge is 0.337 e. The van der Waals surface area contributed by atoms with E-state index in [4.69, 9.17) is 0 Å². The van der Waals surface area contributed by atoms with E-state index >= 15 is 0 Å². The summed E-state index contributed by atoms with van der Waals surface area (Å²) in [6, 6.07) is 0. The lowest BCUT2D eigenvalue weighted by molar-refractivity contribution is 0.0673. The zero-order valence-electron chi connectivity index (χ0n) is 15.0. The minimum Gasteiger partial charge on any atom is -0.337 e. The van der Waals surface area contributed by atoms with Gasteiger partial charge >= 0.3 is 0 Å². The minimum atomic E-state index is 0.0844. The van der Waals surface area contributed by atoms with Gasteiger partial charge in [-0.15, -0.1) is 0 Å². The van der Waals surface area contributed by atoms with Gasteiger partial charge < -0.3 is 9.80 Å². The van der Waals surface area contributed by atoms with Gasteiger partial charge in [-0.05, 0) is 38.3 Å². The van der Waals surface area contributed by atoms with Crippen molar-refractivity contribution < 1.29 is 4.79 Å². The number of hydrogen-bond donors (Lipinski definition) is 1. The minimum absolute atomic E-state index is 0.0844. The van der Waals surface area contributed by atoms with Gasteiger partial charge in [-0.1, -0.05) is 0 Å². The molecule has 4 heterocycles. The second-order valence-electron chi connectivity index (χ2n) is 7.49. The van der Waals surface area contributed by atoms with Crippen molar-refractivity contribution in [3.63, 3.8) is 0 Å². The molecule has 1 N–H and O–H groups in total. The Hall–Kier alpha value is -2.15. The zero-order chi connectivity index (χ0) is 17.4. The van der Waals surface area contributed by atoms with Crippen molar-refractivity contribution in [3.05, 3.63) is 34.9 Å². The molecule has 1 amide bonds. The molecule has 4 rings (SSSR count). The molecule has 1 saturated heterocycles. The normalized spacial score (nSPS) is 19.2. The van der Waals surface area contributed by atoms with E-state index < -0.39 is 0 Å². The first-order valence-corrected chi connectivity index (χ1v) is 9.13. The molecule has 0 aliphatic carbocycles. The van der Waals surface area contributed by atoms with E-state index in [1.54, 1.807) is 0 Å². The van der Waals surface area contributed by atoms with Gasteiger partial charge in [0.2, 0.25) is 0 Å². The van der Waals surface area contributed by atoms with E-state index in [-0.39, 0.29) is 5.91 Å². The number of nitrogens with zero attached hydrogens (tertiary/aromatic N) is 5. The number of fused-ring (bicyclic) bond motifs is 1. The van der Waals surface area contributed by atoms with Gasteiger partial charge in [-0.25, -0.2) is 0 Å². The van der Waals surface area contributed by atoms with Crippen LogP contribution in [0.15, 0.2) is 12.4 Å². The highest BCUT2D eigenvalue weighted by Gasteiger charge is 2.29. The van der Waals surface area contributed by atoms with Crippen molar-refractivity contribution in [1.82, 2.24) is 29.8 Å². The second kappa shape index (κ2) is 6.63. The quantitative estimate of drug-likeness (QED) is 0.917. The fourth-order valence-electron chi connectivity index (χ4n) is 3.91. The van der Waals surface area contributed by atoms with Gasteiger partial charge in [0, 0.05) is 56.6 Å². The predicted molar refractivity (Wildman–Crippen MR) is 94.2 cm³/mol. The Morgan fingerprint density at radius 2 is 2.12 bits per heavy atom. The van der Waals surface area contributed by atoms with Crippen molar-refractivity contribution in [2.45, 2.75) is 39.3 Å². The molecule has 0 atom stereocenters. The predicted octanol–water partition coefficient (Wildman–Crippen LogP) is 1.45. The lowest BCUT2D eigenvalue weighted by atomic mass is 9.96. The fraction of sp³-hybridized carbons (Fsp3) is 0.611. The van der Waals surface area contributed by atoms with Crippen molar-refractivity contribution in [1.29, 1.82) is 0 Å². The Balaban J connectivity index is 1.38. The van der Waals surface area contributed by atoms with E-state index in [0.29, 0.717) is 11.6 Å². The molecule has 1 fully saturated rings. The summed E-state index contributed by atoms with van der Waals surface area (Å²) in [7, 11) is 2.09. The highest BCUT2D eigenvalue weighted by molar-refractivity contribution is 5.94. The number of amides is 1. The first-order chi connectivity index (χ1) is 12.1. The van der Waals surface area contributed by atoms with Crippen LogP contribution in [-0.4, -0.2) is 62.4 Å². The number of H-pyrrole nitrogens is 1. The molecule has 2 aromatic rings. The third-order valence-corrected chi connectivity index (χ3v) is 5.44. The van der Waals surface area contributed by atoms with Crippen molar-refractivity contribution >= 4 is 5.91 Å². The lowest BCUT2D eigenvalue weighted by Gasteiger charge is -2.32. The highest BCUT2D eigenvalue weighted by Crippen LogP contribution is 2.24. The molecule has 134 valence electrons. The molecular formula is C18H26N6O. The first kappa shape index (κ1) is 16.3. The molecule has 7 nitrogen and oxygen atoms in total. The van der Waals surface area contributed by atoms with Gasteiger partial charge in [-0.3, -0.25) is 14.6 Å². The number of rotatable bonds is 3. The van der Waals surface area contributed by atoms with E-state index in [9.17, 15) is 4.79 Å². The maximum absolute atomic E-state index is 12.9. The highest BCUT2D eigenvalue weighted by atomic mass is 16.2. The van der Waals surface area contributed by atoms with Crippen LogP contribution in [0.3, 0.4) is 0 Å². The van der Waals surface area contributed by atoms with E-state index in [2.05, 4.69) is 40.4 Å². The van der Waals surface area contributed by atoms with Crippen LogP contribution in [0.4, 0.5) is 0 Å². The van der Waals surface area contributed by atoms with Gasteiger partial charge in [0.15, 0.2) is 5.69 Å². The molecule has 0 saturated carbocycles. The Labute approximate surface area is 148 Å². The number of carbonyl (C=O) groups excluding carboxylic acids is 1. The number of likely N-dealkylation sites (tertiary alicyclic amines) is 1. The molecule has 0 spiro atoms. The maximum Gasteiger partial charge on any atom is 0.274 e. The Kier molecular flexibility index (Phi) is 4.33. The molecule has 7 heteroatoms. The van der Waals surface area contributed by atoms with Crippen LogP contribution >= 0.6 is 0 Å². The summed E-state index contributed by atoms with van der Waals surface area (Å²) in [5.41, 5.74) is 4.04. The summed E-state index contributed by atoms with van der Waals surface area (Å²) in [5.74, 6) is 0.670. The number of hydrogen-bond acceptors (Lipinski definition) is 4. The molecule has 0 unspecified atom stereocenters. The summed E-state index contributed by atoms with van der Waals surface area (Å²) in [6.07, 6.45) is 6.98. The standard InChI is InChI=1S/C18H26N6O/c1-13-9-19-24(10-13)11-14-3-7-23(8-4-14)18(25)17-15-12-22(2)6-5-16(15)20-21-17/h9-10,14H,3-8,11-12H2,1-2H3,(H,20,21). The second-order valence-corrected chi connectivity index (χ2v) is 7.49.